The van der Waals surface area contributed by atoms with Gasteiger partial charge >= 0.3 is 5.97 Å². The van der Waals surface area contributed by atoms with Crippen LogP contribution in [-0.4, -0.2) is 23.8 Å². The van der Waals surface area contributed by atoms with Crippen LogP contribution in [0, 0.1) is 0 Å². The maximum Gasteiger partial charge on any atom is 0.348 e. The quantitative estimate of drug-likeness (QED) is 0.637. The number of hydrogen-bond donors (Lipinski definition) is 2. The molecule has 0 saturated heterocycles. The fourth-order valence-corrected chi connectivity index (χ4v) is 1.24. The standard InChI is InChI=1S/C9H9NO4/c10-5-2-1-3-6-8(5)14-7(4-13-6)9(11)12/h1-3,7H,4,10H2,(H,11,12). The summed E-state index contributed by atoms with van der Waals surface area (Å²) in [6.45, 7) is 0.00574. The zero-order valence-electron chi connectivity index (χ0n) is 7.27. The number of ether oxygens (including phenoxy) is 2. The zero-order chi connectivity index (χ0) is 10.1. The lowest BCUT2D eigenvalue weighted by Crippen LogP contribution is -2.36. The van der Waals surface area contributed by atoms with E-state index in [1.165, 1.54) is 0 Å². The van der Waals surface area contributed by atoms with E-state index in [0.717, 1.165) is 0 Å². The van der Waals surface area contributed by atoms with Crippen molar-refractivity contribution >= 4 is 11.7 Å². The molecule has 1 aliphatic heterocycles. The minimum absolute atomic E-state index is 0.00574. The predicted octanol–water partition coefficient (Wildman–Crippen LogP) is 0.493. The van der Waals surface area contributed by atoms with Gasteiger partial charge in [-0.05, 0) is 12.1 Å². The summed E-state index contributed by atoms with van der Waals surface area (Å²) >= 11 is 0. The molecular formula is C9H9NO4. The Balaban J connectivity index is 2.33. The number of carboxylic acid groups (broad SMARTS) is 1. The van der Waals surface area contributed by atoms with Gasteiger partial charge in [-0.1, -0.05) is 6.07 Å². The Bertz CT molecular complexity index is 377. The SMILES string of the molecule is Nc1cccc2c1OC(C(=O)O)CO2. The highest BCUT2D eigenvalue weighted by Gasteiger charge is 2.27. The topological polar surface area (TPSA) is 81.8 Å². The highest BCUT2D eigenvalue weighted by Crippen LogP contribution is 2.36. The Morgan fingerprint density at radius 2 is 2.36 bits per heavy atom. The minimum Gasteiger partial charge on any atom is -0.485 e. The van der Waals surface area contributed by atoms with E-state index in [-0.39, 0.29) is 6.61 Å². The van der Waals surface area contributed by atoms with Crippen molar-refractivity contribution in [2.45, 2.75) is 6.10 Å². The van der Waals surface area contributed by atoms with Crippen molar-refractivity contribution in [3.05, 3.63) is 18.2 Å². The number of nitrogens with two attached hydrogens (primary N) is 1. The van der Waals surface area contributed by atoms with Crippen molar-refractivity contribution in [1.29, 1.82) is 0 Å². The van der Waals surface area contributed by atoms with Crippen molar-refractivity contribution in [2.24, 2.45) is 0 Å². The number of nitrogen functional groups attached to an aromatic ring is 1. The van der Waals surface area contributed by atoms with Gasteiger partial charge in [-0.15, -0.1) is 0 Å². The second-order valence-corrected chi connectivity index (χ2v) is 2.93. The molecular weight excluding hydrogens is 186 g/mol. The van der Waals surface area contributed by atoms with Crippen LogP contribution in [0.4, 0.5) is 5.69 Å². The van der Waals surface area contributed by atoms with Crippen LogP contribution in [0.15, 0.2) is 18.2 Å². The van der Waals surface area contributed by atoms with Crippen LogP contribution in [0.3, 0.4) is 0 Å². The largest absolute Gasteiger partial charge is 0.485 e. The third-order valence-electron chi connectivity index (χ3n) is 1.94. The number of benzene rings is 1. The van der Waals surface area contributed by atoms with Crippen molar-refractivity contribution in [1.82, 2.24) is 0 Å². The van der Waals surface area contributed by atoms with Crippen LogP contribution in [0.2, 0.25) is 0 Å². The third-order valence-corrected chi connectivity index (χ3v) is 1.94. The Kier molecular flexibility index (Phi) is 1.92. The van der Waals surface area contributed by atoms with Crippen LogP contribution in [0.25, 0.3) is 0 Å². The molecule has 2 rings (SSSR count). The summed E-state index contributed by atoms with van der Waals surface area (Å²) in [6, 6.07) is 5.04. The summed E-state index contributed by atoms with van der Waals surface area (Å²) in [5, 5.41) is 8.71. The Morgan fingerprint density at radius 1 is 1.57 bits per heavy atom. The van der Waals surface area contributed by atoms with Crippen LogP contribution < -0.4 is 15.2 Å². The molecule has 1 atom stereocenters. The number of para-hydroxylation sites is 1. The summed E-state index contributed by atoms with van der Waals surface area (Å²) in [4.78, 5) is 10.6. The number of anilines is 1. The molecule has 1 heterocycles. The van der Waals surface area contributed by atoms with E-state index in [1.54, 1.807) is 18.2 Å². The second kappa shape index (κ2) is 3.10. The molecule has 0 fully saturated rings. The first-order chi connectivity index (χ1) is 6.68. The first-order valence-corrected chi connectivity index (χ1v) is 4.09. The number of carbonyl (C=O) groups is 1. The van der Waals surface area contributed by atoms with E-state index >= 15 is 0 Å². The van der Waals surface area contributed by atoms with Crippen LogP contribution in [0.5, 0.6) is 11.5 Å². The molecule has 0 aliphatic carbocycles. The Labute approximate surface area is 80.0 Å². The number of rotatable bonds is 1. The molecule has 14 heavy (non-hydrogen) atoms. The summed E-state index contributed by atoms with van der Waals surface area (Å²) in [7, 11) is 0. The van der Waals surface area contributed by atoms with Gasteiger partial charge in [-0.3, -0.25) is 0 Å². The molecule has 0 amide bonds. The van der Waals surface area contributed by atoms with Crippen molar-refractivity contribution in [3.8, 4) is 11.5 Å². The number of aliphatic carboxylic acids is 1. The van der Waals surface area contributed by atoms with Gasteiger partial charge in [0.05, 0.1) is 5.69 Å². The van der Waals surface area contributed by atoms with Crippen molar-refractivity contribution in [3.63, 3.8) is 0 Å². The molecule has 0 saturated carbocycles. The van der Waals surface area contributed by atoms with E-state index in [4.69, 9.17) is 20.3 Å². The number of fused-ring (bicyclic) bond motifs is 1. The number of hydrogen-bond acceptors (Lipinski definition) is 4. The lowest BCUT2D eigenvalue weighted by molar-refractivity contribution is -0.147. The lowest BCUT2D eigenvalue weighted by atomic mass is 10.2. The zero-order valence-corrected chi connectivity index (χ0v) is 7.27. The predicted molar refractivity (Wildman–Crippen MR) is 48.4 cm³/mol. The van der Waals surface area contributed by atoms with E-state index in [9.17, 15) is 4.79 Å². The van der Waals surface area contributed by atoms with Crippen molar-refractivity contribution in [2.75, 3.05) is 12.3 Å². The minimum atomic E-state index is -1.06. The molecule has 0 radical (unpaired) electrons. The maximum absolute atomic E-state index is 10.6. The van der Waals surface area contributed by atoms with Crippen molar-refractivity contribution < 1.29 is 19.4 Å². The fourth-order valence-electron chi connectivity index (χ4n) is 1.24. The average molecular weight is 195 g/mol. The van der Waals surface area contributed by atoms with E-state index in [0.29, 0.717) is 17.2 Å². The van der Waals surface area contributed by atoms with Gasteiger partial charge in [0.2, 0.25) is 6.10 Å². The Morgan fingerprint density at radius 3 is 3.07 bits per heavy atom. The monoisotopic (exact) mass is 195 g/mol. The summed E-state index contributed by atoms with van der Waals surface area (Å²) in [5.41, 5.74) is 5.99. The summed E-state index contributed by atoms with van der Waals surface area (Å²) in [5.74, 6) is -0.257. The fraction of sp³-hybridized carbons (Fsp3) is 0.222. The lowest BCUT2D eigenvalue weighted by Gasteiger charge is -2.24. The van der Waals surface area contributed by atoms with E-state index < -0.39 is 12.1 Å². The third kappa shape index (κ3) is 1.32. The maximum atomic E-state index is 10.6. The van der Waals surface area contributed by atoms with Crippen LogP contribution in [-0.2, 0) is 4.79 Å². The van der Waals surface area contributed by atoms with Gasteiger partial charge in [-0.25, -0.2) is 4.79 Å². The highest BCUT2D eigenvalue weighted by molar-refractivity contribution is 5.74. The van der Waals surface area contributed by atoms with Gasteiger partial charge in [0.25, 0.3) is 0 Å². The average Bonchev–Trinajstić information content (AvgIpc) is 2.18. The van der Waals surface area contributed by atoms with E-state index in [2.05, 4.69) is 0 Å². The molecule has 1 unspecified atom stereocenters. The normalized spacial score (nSPS) is 19.0. The van der Waals surface area contributed by atoms with Gasteiger partial charge < -0.3 is 20.3 Å². The molecule has 0 spiro atoms. The molecule has 0 bridgehead atoms. The molecule has 0 aromatic heterocycles. The first-order valence-electron chi connectivity index (χ1n) is 4.09. The molecule has 1 aromatic rings. The van der Waals surface area contributed by atoms with Gasteiger partial charge in [-0.2, -0.15) is 0 Å². The second-order valence-electron chi connectivity index (χ2n) is 2.93. The molecule has 5 nitrogen and oxygen atoms in total. The molecule has 3 N–H and O–H groups in total. The summed E-state index contributed by atoms with van der Waals surface area (Å²) < 4.78 is 10.4. The van der Waals surface area contributed by atoms with E-state index in [1.807, 2.05) is 0 Å². The molecule has 5 heteroatoms. The molecule has 74 valence electrons. The van der Waals surface area contributed by atoms with Gasteiger partial charge in [0.15, 0.2) is 11.5 Å². The highest BCUT2D eigenvalue weighted by atomic mass is 16.6. The van der Waals surface area contributed by atoms with Gasteiger partial charge in [0.1, 0.15) is 6.61 Å². The van der Waals surface area contributed by atoms with Crippen LogP contribution >= 0.6 is 0 Å². The Hall–Kier alpha value is -1.91. The number of carboxylic acids is 1. The summed E-state index contributed by atoms with van der Waals surface area (Å²) in [6.07, 6.45) is -0.979. The molecule has 1 aromatic carbocycles. The van der Waals surface area contributed by atoms with Crippen LogP contribution in [0.1, 0.15) is 0 Å². The van der Waals surface area contributed by atoms with Gasteiger partial charge in [0, 0.05) is 0 Å². The molecule has 1 aliphatic rings. The smallest absolute Gasteiger partial charge is 0.348 e. The first kappa shape index (κ1) is 8.68.